The molecule has 0 bridgehead atoms. The van der Waals surface area contributed by atoms with Gasteiger partial charge in [0.25, 0.3) is 0 Å². The van der Waals surface area contributed by atoms with Gasteiger partial charge < -0.3 is 4.74 Å². The Bertz CT molecular complexity index is 439. The van der Waals surface area contributed by atoms with Crippen LogP contribution >= 0.6 is 11.6 Å². The van der Waals surface area contributed by atoms with Crippen molar-refractivity contribution in [1.29, 1.82) is 0 Å². The molecule has 5 heteroatoms. The van der Waals surface area contributed by atoms with Crippen molar-refractivity contribution in [2.24, 2.45) is 5.92 Å². The van der Waals surface area contributed by atoms with Crippen LogP contribution in [-0.2, 0) is 16.1 Å². The van der Waals surface area contributed by atoms with Gasteiger partial charge in [-0.1, -0.05) is 11.6 Å². The molecule has 0 amide bonds. The third-order valence-corrected chi connectivity index (χ3v) is 3.52. The number of pyridine rings is 1. The molecule has 0 spiro atoms. The fourth-order valence-electron chi connectivity index (χ4n) is 2.42. The number of esters is 1. The Morgan fingerprint density at radius 1 is 1.63 bits per heavy atom. The first kappa shape index (κ1) is 14.3. The van der Waals surface area contributed by atoms with Crippen LogP contribution in [0.3, 0.4) is 0 Å². The molecular weight excluding hydrogens is 264 g/mol. The van der Waals surface area contributed by atoms with Crippen LogP contribution in [0.5, 0.6) is 0 Å². The maximum atomic E-state index is 11.8. The molecule has 104 valence electrons. The molecule has 1 unspecified atom stereocenters. The van der Waals surface area contributed by atoms with Crippen molar-refractivity contribution in [2.75, 3.05) is 19.7 Å². The van der Waals surface area contributed by atoms with Crippen molar-refractivity contribution in [3.63, 3.8) is 0 Å². The molecule has 2 rings (SSSR count). The second kappa shape index (κ2) is 6.87. The number of halogens is 1. The van der Waals surface area contributed by atoms with Crippen LogP contribution in [0.4, 0.5) is 0 Å². The molecule has 1 aliphatic heterocycles. The standard InChI is InChI=1S/C14H19ClN2O2/c1-2-19-14(18)11-4-3-7-17(9-11)10-13-8-12(15)5-6-16-13/h5-6,8,11H,2-4,7,9-10H2,1H3. The smallest absolute Gasteiger partial charge is 0.310 e. The molecule has 0 radical (unpaired) electrons. The maximum absolute atomic E-state index is 11.8. The number of hydrogen-bond donors (Lipinski definition) is 0. The lowest BCUT2D eigenvalue weighted by Gasteiger charge is -2.31. The average Bonchev–Trinajstić information content (AvgIpc) is 2.39. The van der Waals surface area contributed by atoms with Crippen molar-refractivity contribution in [2.45, 2.75) is 26.3 Å². The number of rotatable bonds is 4. The van der Waals surface area contributed by atoms with E-state index in [4.69, 9.17) is 16.3 Å². The van der Waals surface area contributed by atoms with Gasteiger partial charge in [-0.25, -0.2) is 0 Å². The number of ether oxygens (including phenoxy) is 1. The van der Waals surface area contributed by atoms with Crippen molar-refractivity contribution >= 4 is 17.6 Å². The molecule has 1 saturated heterocycles. The zero-order valence-corrected chi connectivity index (χ0v) is 11.9. The molecule has 0 saturated carbocycles. The highest BCUT2D eigenvalue weighted by Gasteiger charge is 2.26. The highest BCUT2D eigenvalue weighted by molar-refractivity contribution is 6.30. The average molecular weight is 283 g/mol. The van der Waals surface area contributed by atoms with E-state index in [1.54, 1.807) is 12.3 Å². The van der Waals surface area contributed by atoms with E-state index in [-0.39, 0.29) is 11.9 Å². The minimum atomic E-state index is -0.0775. The van der Waals surface area contributed by atoms with Crippen molar-refractivity contribution in [3.8, 4) is 0 Å². The zero-order chi connectivity index (χ0) is 13.7. The summed E-state index contributed by atoms with van der Waals surface area (Å²) in [4.78, 5) is 18.3. The summed E-state index contributed by atoms with van der Waals surface area (Å²) in [6.07, 6.45) is 3.65. The van der Waals surface area contributed by atoms with E-state index in [0.717, 1.165) is 38.2 Å². The van der Waals surface area contributed by atoms with E-state index in [0.29, 0.717) is 11.6 Å². The number of hydrogen-bond acceptors (Lipinski definition) is 4. The highest BCUT2D eigenvalue weighted by Crippen LogP contribution is 2.20. The summed E-state index contributed by atoms with van der Waals surface area (Å²) in [5.74, 6) is -0.0841. The predicted molar refractivity (Wildman–Crippen MR) is 73.9 cm³/mol. The van der Waals surface area contributed by atoms with Crippen LogP contribution in [0.15, 0.2) is 18.3 Å². The summed E-state index contributed by atoms with van der Waals surface area (Å²) in [6.45, 7) is 4.76. The summed E-state index contributed by atoms with van der Waals surface area (Å²) >= 11 is 5.95. The Kier molecular flexibility index (Phi) is 5.16. The highest BCUT2D eigenvalue weighted by atomic mass is 35.5. The molecular formula is C14H19ClN2O2. The van der Waals surface area contributed by atoms with Gasteiger partial charge in [0.15, 0.2) is 0 Å². The number of carbonyl (C=O) groups is 1. The van der Waals surface area contributed by atoms with Crippen LogP contribution in [-0.4, -0.2) is 35.5 Å². The van der Waals surface area contributed by atoms with E-state index in [1.165, 1.54) is 0 Å². The van der Waals surface area contributed by atoms with Gasteiger partial charge in [0, 0.05) is 24.3 Å². The van der Waals surface area contributed by atoms with Gasteiger partial charge in [-0.3, -0.25) is 14.7 Å². The molecule has 1 aromatic rings. The summed E-state index contributed by atoms with van der Waals surface area (Å²) in [6, 6.07) is 3.64. The van der Waals surface area contributed by atoms with E-state index in [1.807, 2.05) is 13.0 Å². The van der Waals surface area contributed by atoms with Gasteiger partial charge in [-0.2, -0.15) is 0 Å². The minimum absolute atomic E-state index is 0.00659. The molecule has 0 N–H and O–H groups in total. The van der Waals surface area contributed by atoms with Gasteiger partial charge in [-0.05, 0) is 38.4 Å². The Hall–Kier alpha value is -1.13. The Morgan fingerprint density at radius 2 is 2.47 bits per heavy atom. The number of likely N-dealkylation sites (tertiary alicyclic amines) is 1. The van der Waals surface area contributed by atoms with Gasteiger partial charge in [0.2, 0.25) is 0 Å². The lowest BCUT2D eigenvalue weighted by molar-refractivity contribution is -0.150. The van der Waals surface area contributed by atoms with Crippen molar-refractivity contribution < 1.29 is 9.53 Å². The van der Waals surface area contributed by atoms with Gasteiger partial charge in [0.05, 0.1) is 18.2 Å². The minimum Gasteiger partial charge on any atom is -0.466 e. The quantitative estimate of drug-likeness (QED) is 0.796. The van der Waals surface area contributed by atoms with Gasteiger partial charge in [-0.15, -0.1) is 0 Å². The molecule has 1 atom stereocenters. The zero-order valence-electron chi connectivity index (χ0n) is 11.1. The first-order chi connectivity index (χ1) is 9.19. The third-order valence-electron chi connectivity index (χ3n) is 3.29. The Labute approximate surface area is 118 Å². The molecule has 2 heterocycles. The van der Waals surface area contributed by atoms with E-state index < -0.39 is 0 Å². The van der Waals surface area contributed by atoms with Gasteiger partial charge >= 0.3 is 5.97 Å². The fourth-order valence-corrected chi connectivity index (χ4v) is 2.60. The van der Waals surface area contributed by atoms with Gasteiger partial charge in [0.1, 0.15) is 0 Å². The predicted octanol–water partition coefficient (Wildman–Crippen LogP) is 2.51. The number of nitrogens with zero attached hydrogens (tertiary/aromatic N) is 2. The van der Waals surface area contributed by atoms with E-state index in [9.17, 15) is 4.79 Å². The first-order valence-corrected chi connectivity index (χ1v) is 7.06. The first-order valence-electron chi connectivity index (χ1n) is 6.68. The lowest BCUT2D eigenvalue weighted by Crippen LogP contribution is -2.39. The summed E-state index contributed by atoms with van der Waals surface area (Å²) in [5.41, 5.74) is 0.942. The Morgan fingerprint density at radius 3 is 3.21 bits per heavy atom. The van der Waals surface area contributed by atoms with Crippen LogP contribution in [0.1, 0.15) is 25.5 Å². The van der Waals surface area contributed by atoms with E-state index >= 15 is 0 Å². The molecule has 1 fully saturated rings. The normalized spacial score (nSPS) is 20.2. The van der Waals surface area contributed by atoms with Crippen molar-refractivity contribution in [1.82, 2.24) is 9.88 Å². The monoisotopic (exact) mass is 282 g/mol. The van der Waals surface area contributed by atoms with Crippen LogP contribution in [0, 0.1) is 5.92 Å². The SMILES string of the molecule is CCOC(=O)C1CCCN(Cc2cc(Cl)ccn2)C1. The molecule has 0 aromatic carbocycles. The third kappa shape index (κ3) is 4.18. The maximum Gasteiger partial charge on any atom is 0.310 e. The molecule has 19 heavy (non-hydrogen) atoms. The number of carbonyl (C=O) groups excluding carboxylic acids is 1. The lowest BCUT2D eigenvalue weighted by atomic mass is 9.98. The van der Waals surface area contributed by atoms with Crippen molar-refractivity contribution in [3.05, 3.63) is 29.0 Å². The van der Waals surface area contributed by atoms with E-state index in [2.05, 4.69) is 9.88 Å². The largest absolute Gasteiger partial charge is 0.466 e. The number of piperidine rings is 1. The van der Waals surface area contributed by atoms with Crippen LogP contribution in [0.25, 0.3) is 0 Å². The second-order valence-electron chi connectivity index (χ2n) is 4.79. The fraction of sp³-hybridized carbons (Fsp3) is 0.571. The van der Waals surface area contributed by atoms with Crippen LogP contribution < -0.4 is 0 Å². The second-order valence-corrected chi connectivity index (χ2v) is 5.23. The summed E-state index contributed by atoms with van der Waals surface area (Å²) in [7, 11) is 0. The Balaban J connectivity index is 1.92. The number of aromatic nitrogens is 1. The van der Waals surface area contributed by atoms with Crippen LogP contribution in [0.2, 0.25) is 5.02 Å². The molecule has 1 aromatic heterocycles. The topological polar surface area (TPSA) is 42.4 Å². The summed E-state index contributed by atoms with van der Waals surface area (Å²) < 4.78 is 5.10. The summed E-state index contributed by atoms with van der Waals surface area (Å²) in [5, 5.41) is 0.698. The molecule has 1 aliphatic rings. The molecule has 0 aliphatic carbocycles. The molecule has 4 nitrogen and oxygen atoms in total.